The number of carbonyl (C=O) groups excluding carboxylic acids is 4. The maximum absolute atomic E-state index is 11.1. The molecule has 7 nitrogen and oxygen atoms in total. The monoisotopic (exact) mass is 378 g/mol. The van der Waals surface area contributed by atoms with E-state index in [2.05, 4.69) is 0 Å². The predicted octanol–water partition coefficient (Wildman–Crippen LogP) is 2.97. The first-order valence-electron chi connectivity index (χ1n) is 8.47. The summed E-state index contributed by atoms with van der Waals surface area (Å²) in [6.07, 6.45) is 14.0. The summed E-state index contributed by atoms with van der Waals surface area (Å²) in [5, 5.41) is 0. The van der Waals surface area contributed by atoms with Gasteiger partial charge in [-0.15, -0.1) is 0 Å². The molecule has 0 aromatic carbocycles. The number of hydrogen-bond donors (Lipinski definition) is 0. The van der Waals surface area contributed by atoms with Gasteiger partial charge in [0.2, 0.25) is 0 Å². The summed E-state index contributed by atoms with van der Waals surface area (Å²) >= 11 is 0. The zero-order chi connectivity index (χ0) is 20.3. The quantitative estimate of drug-likeness (QED) is 0.151. The molecular formula is C20H26O7. The average Bonchev–Trinajstić information content (AvgIpc) is 2.57. The molecule has 0 N–H and O–H groups in total. The molecule has 0 aliphatic heterocycles. The van der Waals surface area contributed by atoms with E-state index < -0.39 is 11.9 Å². The third-order valence-electron chi connectivity index (χ3n) is 2.68. The predicted molar refractivity (Wildman–Crippen MR) is 99.4 cm³/mol. The van der Waals surface area contributed by atoms with E-state index in [1.165, 1.54) is 26.4 Å². The molecule has 0 unspecified atom stereocenters. The minimum Gasteiger partial charge on any atom is -0.434 e. The molecular weight excluding hydrogens is 352 g/mol. The van der Waals surface area contributed by atoms with E-state index >= 15 is 0 Å². The molecule has 0 saturated carbocycles. The van der Waals surface area contributed by atoms with Crippen molar-refractivity contribution in [3.8, 4) is 0 Å². The van der Waals surface area contributed by atoms with E-state index in [0.29, 0.717) is 26.1 Å². The van der Waals surface area contributed by atoms with Crippen molar-refractivity contribution in [3.05, 3.63) is 49.0 Å². The number of rotatable bonds is 14. The molecule has 0 bridgehead atoms. The van der Waals surface area contributed by atoms with Crippen LogP contribution < -0.4 is 0 Å². The van der Waals surface area contributed by atoms with E-state index in [1.807, 2.05) is 24.3 Å². The highest BCUT2D eigenvalue weighted by Crippen LogP contribution is 1.94. The summed E-state index contributed by atoms with van der Waals surface area (Å²) in [6.45, 7) is 3.55. The number of hydrogen-bond acceptors (Lipinski definition) is 7. The van der Waals surface area contributed by atoms with Crippen LogP contribution in [0, 0.1) is 0 Å². The van der Waals surface area contributed by atoms with Crippen molar-refractivity contribution < 1.29 is 33.4 Å². The second kappa shape index (κ2) is 16.7. The van der Waals surface area contributed by atoms with Gasteiger partial charge < -0.3 is 14.2 Å². The molecule has 0 aromatic rings. The lowest BCUT2D eigenvalue weighted by atomic mass is 10.3. The fraction of sp³-hybridized carbons (Fsp3) is 0.400. The summed E-state index contributed by atoms with van der Waals surface area (Å²) in [4.78, 5) is 43.5. The molecule has 148 valence electrons. The van der Waals surface area contributed by atoms with Crippen molar-refractivity contribution >= 4 is 23.5 Å². The number of carbonyl (C=O) groups is 4. The van der Waals surface area contributed by atoms with Crippen LogP contribution in [0.25, 0.3) is 0 Å². The molecule has 0 aromatic heterocycles. The van der Waals surface area contributed by atoms with Crippen LogP contribution in [0.1, 0.15) is 39.5 Å². The van der Waals surface area contributed by atoms with Gasteiger partial charge in [0.05, 0.1) is 25.7 Å². The van der Waals surface area contributed by atoms with Crippen LogP contribution in [-0.4, -0.2) is 36.7 Å². The maximum Gasteiger partial charge on any atom is 0.318 e. The van der Waals surface area contributed by atoms with Crippen LogP contribution in [-0.2, 0) is 33.4 Å². The first-order valence-corrected chi connectivity index (χ1v) is 8.47. The number of ether oxygens (including phenoxy) is 3. The van der Waals surface area contributed by atoms with Gasteiger partial charge in [-0.1, -0.05) is 24.3 Å². The number of ketones is 2. The molecule has 0 spiro atoms. The molecule has 27 heavy (non-hydrogen) atoms. The molecule has 0 aliphatic rings. The van der Waals surface area contributed by atoms with Crippen molar-refractivity contribution in [1.82, 2.24) is 0 Å². The summed E-state index contributed by atoms with van der Waals surface area (Å²) < 4.78 is 14.8. The van der Waals surface area contributed by atoms with E-state index in [9.17, 15) is 19.2 Å². The Morgan fingerprint density at radius 3 is 1.41 bits per heavy atom. The molecule has 0 heterocycles. The highest BCUT2D eigenvalue weighted by atomic mass is 16.5. The minimum atomic E-state index is -0.568. The summed E-state index contributed by atoms with van der Waals surface area (Å²) in [6, 6.07) is 0. The Balaban J connectivity index is 3.59. The number of esters is 2. The lowest BCUT2D eigenvalue weighted by Crippen LogP contribution is -2.04. The van der Waals surface area contributed by atoms with Gasteiger partial charge in [0.25, 0.3) is 0 Å². The largest absolute Gasteiger partial charge is 0.434 e. The number of allylic oxidation sites excluding steroid dienone is 4. The highest BCUT2D eigenvalue weighted by molar-refractivity contribution is 5.94. The van der Waals surface area contributed by atoms with Crippen molar-refractivity contribution in [1.29, 1.82) is 0 Å². The lowest BCUT2D eigenvalue weighted by molar-refractivity contribution is -0.142. The molecule has 0 fully saturated rings. The summed E-state index contributed by atoms with van der Waals surface area (Å²) in [7, 11) is 0. The van der Waals surface area contributed by atoms with Gasteiger partial charge in [-0.05, 0) is 38.8 Å². The van der Waals surface area contributed by atoms with Gasteiger partial charge in [-0.25, -0.2) is 0 Å². The van der Waals surface area contributed by atoms with E-state index in [0.717, 1.165) is 0 Å². The van der Waals surface area contributed by atoms with Gasteiger partial charge in [-0.3, -0.25) is 19.2 Å². The molecule has 0 rings (SSSR count). The fourth-order valence-electron chi connectivity index (χ4n) is 1.54. The summed E-state index contributed by atoms with van der Waals surface area (Å²) in [5.74, 6) is -1.60. The van der Waals surface area contributed by atoms with Crippen LogP contribution >= 0.6 is 0 Å². The minimum absolute atomic E-state index is 0.220. The van der Waals surface area contributed by atoms with Crippen molar-refractivity contribution in [3.63, 3.8) is 0 Å². The Morgan fingerprint density at radius 1 is 0.630 bits per heavy atom. The molecule has 0 atom stereocenters. The van der Waals surface area contributed by atoms with Gasteiger partial charge in [0, 0.05) is 0 Å². The van der Waals surface area contributed by atoms with E-state index in [-0.39, 0.29) is 24.4 Å². The van der Waals surface area contributed by atoms with Crippen LogP contribution in [0.3, 0.4) is 0 Å². The van der Waals surface area contributed by atoms with Crippen LogP contribution in [0.2, 0.25) is 0 Å². The smallest absolute Gasteiger partial charge is 0.318 e. The zero-order valence-corrected chi connectivity index (χ0v) is 15.7. The molecule has 0 aliphatic carbocycles. The summed E-state index contributed by atoms with van der Waals surface area (Å²) in [5.41, 5.74) is 0. The Bertz CT molecular complexity index is 545. The van der Waals surface area contributed by atoms with Crippen molar-refractivity contribution in [2.24, 2.45) is 0 Å². The third-order valence-corrected chi connectivity index (χ3v) is 2.68. The van der Waals surface area contributed by atoms with Crippen LogP contribution in [0.5, 0.6) is 0 Å². The molecule has 0 radical (unpaired) electrons. The Hall–Kier alpha value is -2.80. The van der Waals surface area contributed by atoms with Gasteiger partial charge >= 0.3 is 11.9 Å². The topological polar surface area (TPSA) is 96.0 Å². The average molecular weight is 378 g/mol. The second-order valence-electron chi connectivity index (χ2n) is 5.43. The SMILES string of the molecule is CC(=O)CC(=O)OC=CCC=CCOCC=CCC=COC(=O)CC(C)=O. The van der Waals surface area contributed by atoms with Crippen LogP contribution in [0.15, 0.2) is 49.0 Å². The third kappa shape index (κ3) is 19.4. The van der Waals surface area contributed by atoms with Gasteiger partial charge in [0.15, 0.2) is 0 Å². The van der Waals surface area contributed by atoms with Gasteiger partial charge in [0.1, 0.15) is 24.4 Å². The lowest BCUT2D eigenvalue weighted by Gasteiger charge is -1.95. The van der Waals surface area contributed by atoms with Crippen LogP contribution in [0.4, 0.5) is 0 Å². The zero-order valence-electron chi connectivity index (χ0n) is 15.7. The van der Waals surface area contributed by atoms with E-state index in [4.69, 9.17) is 14.2 Å². The highest BCUT2D eigenvalue weighted by Gasteiger charge is 2.04. The Labute approximate surface area is 159 Å². The standard InChI is InChI=1S/C20H26O7/c1-17(21)15-19(23)26-13-9-5-3-7-11-25-12-8-4-6-10-14-27-20(24)16-18(2)22/h3-4,7-10,13-14H,5-6,11-12,15-16H2,1-2H3. The molecule has 7 heteroatoms. The van der Waals surface area contributed by atoms with Crippen molar-refractivity contribution in [2.75, 3.05) is 13.2 Å². The number of Topliss-reactive ketones (excluding diaryl/α,β-unsaturated/α-hetero) is 2. The first kappa shape index (κ1) is 24.2. The Morgan fingerprint density at radius 2 is 1.04 bits per heavy atom. The van der Waals surface area contributed by atoms with E-state index in [1.54, 1.807) is 12.2 Å². The first-order chi connectivity index (χ1) is 12.9. The second-order valence-corrected chi connectivity index (χ2v) is 5.43. The van der Waals surface area contributed by atoms with Crippen molar-refractivity contribution in [2.45, 2.75) is 39.5 Å². The Kier molecular flexibility index (Phi) is 14.9. The molecule has 0 saturated heterocycles. The molecule has 0 amide bonds. The maximum atomic E-state index is 11.1. The van der Waals surface area contributed by atoms with Gasteiger partial charge in [-0.2, -0.15) is 0 Å². The fourth-order valence-corrected chi connectivity index (χ4v) is 1.54. The normalized spacial score (nSPS) is 11.6.